The molecule has 0 spiro atoms. The Hall–Kier alpha value is -0.0800. The van der Waals surface area contributed by atoms with Gasteiger partial charge in [0.05, 0.1) is 0 Å². The van der Waals surface area contributed by atoms with Gasteiger partial charge in [-0.3, -0.25) is 0 Å². The van der Waals surface area contributed by atoms with E-state index in [1.807, 2.05) is 0 Å². The van der Waals surface area contributed by atoms with E-state index < -0.39 is 0 Å². The van der Waals surface area contributed by atoms with E-state index >= 15 is 0 Å². The van der Waals surface area contributed by atoms with Crippen molar-refractivity contribution >= 4 is 0 Å². The van der Waals surface area contributed by atoms with Crippen LogP contribution in [0.1, 0.15) is 46.5 Å². The second-order valence-corrected chi connectivity index (χ2v) is 5.02. The van der Waals surface area contributed by atoms with Gasteiger partial charge in [-0.25, -0.2) is 0 Å². The number of piperidine rings is 1. The maximum atomic E-state index is 5.95. The van der Waals surface area contributed by atoms with Crippen LogP contribution in [0.2, 0.25) is 0 Å². The SMILES string of the molecule is CCCC(C)CN1CCC(N)CC1C. The average molecular weight is 198 g/mol. The van der Waals surface area contributed by atoms with Gasteiger partial charge in [-0.15, -0.1) is 0 Å². The fourth-order valence-corrected chi connectivity index (χ4v) is 2.51. The summed E-state index contributed by atoms with van der Waals surface area (Å²) >= 11 is 0. The molecule has 84 valence electrons. The summed E-state index contributed by atoms with van der Waals surface area (Å²) in [4.78, 5) is 2.61. The first-order valence-corrected chi connectivity index (χ1v) is 6.13. The van der Waals surface area contributed by atoms with Gasteiger partial charge < -0.3 is 10.6 Å². The number of hydrogen-bond donors (Lipinski definition) is 1. The van der Waals surface area contributed by atoms with Gasteiger partial charge in [-0.1, -0.05) is 20.3 Å². The summed E-state index contributed by atoms with van der Waals surface area (Å²) in [7, 11) is 0. The molecule has 0 saturated carbocycles. The van der Waals surface area contributed by atoms with Crippen LogP contribution in [0.3, 0.4) is 0 Å². The largest absolute Gasteiger partial charge is 0.328 e. The minimum atomic E-state index is 0.447. The van der Waals surface area contributed by atoms with Crippen LogP contribution in [0, 0.1) is 5.92 Å². The standard InChI is InChI=1S/C12H26N2/c1-4-5-10(2)9-14-7-6-12(13)8-11(14)3/h10-12H,4-9,13H2,1-3H3. The Kier molecular flexibility index (Phi) is 4.90. The summed E-state index contributed by atoms with van der Waals surface area (Å²) in [6.45, 7) is 9.42. The van der Waals surface area contributed by atoms with Gasteiger partial charge in [0.1, 0.15) is 0 Å². The molecule has 1 fully saturated rings. The molecule has 2 N–H and O–H groups in total. The van der Waals surface area contributed by atoms with Crippen LogP contribution in [-0.4, -0.2) is 30.1 Å². The van der Waals surface area contributed by atoms with Crippen LogP contribution in [0.5, 0.6) is 0 Å². The highest BCUT2D eigenvalue weighted by molar-refractivity contribution is 4.81. The van der Waals surface area contributed by atoms with Crippen molar-refractivity contribution in [2.75, 3.05) is 13.1 Å². The van der Waals surface area contributed by atoms with Crippen molar-refractivity contribution in [1.82, 2.24) is 4.90 Å². The zero-order valence-electron chi connectivity index (χ0n) is 10.00. The van der Waals surface area contributed by atoms with Crippen molar-refractivity contribution in [2.45, 2.75) is 58.5 Å². The lowest BCUT2D eigenvalue weighted by atomic mass is 9.96. The topological polar surface area (TPSA) is 29.3 Å². The first-order chi connectivity index (χ1) is 6.63. The molecule has 0 aromatic heterocycles. The molecule has 1 saturated heterocycles. The van der Waals surface area contributed by atoms with Gasteiger partial charge in [0, 0.05) is 18.6 Å². The Morgan fingerprint density at radius 1 is 1.50 bits per heavy atom. The van der Waals surface area contributed by atoms with Gasteiger partial charge in [0.25, 0.3) is 0 Å². The first-order valence-electron chi connectivity index (χ1n) is 6.13. The molecule has 0 aliphatic carbocycles. The Labute approximate surface area is 88.8 Å². The predicted molar refractivity (Wildman–Crippen MR) is 62.3 cm³/mol. The zero-order chi connectivity index (χ0) is 10.6. The van der Waals surface area contributed by atoms with Gasteiger partial charge >= 0.3 is 0 Å². The third-order valence-electron chi connectivity index (χ3n) is 3.38. The van der Waals surface area contributed by atoms with Crippen molar-refractivity contribution in [2.24, 2.45) is 11.7 Å². The first kappa shape index (κ1) is 12.0. The van der Waals surface area contributed by atoms with Gasteiger partial charge in [0.15, 0.2) is 0 Å². The molecule has 0 amide bonds. The normalized spacial score (nSPS) is 31.7. The van der Waals surface area contributed by atoms with Crippen LogP contribution in [0.4, 0.5) is 0 Å². The molecule has 2 nitrogen and oxygen atoms in total. The lowest BCUT2D eigenvalue weighted by Crippen LogP contribution is -2.46. The third kappa shape index (κ3) is 3.58. The van der Waals surface area contributed by atoms with E-state index in [9.17, 15) is 0 Å². The Morgan fingerprint density at radius 2 is 2.21 bits per heavy atom. The second kappa shape index (κ2) is 5.72. The number of hydrogen-bond acceptors (Lipinski definition) is 2. The van der Waals surface area contributed by atoms with Crippen molar-refractivity contribution in [3.05, 3.63) is 0 Å². The molecule has 0 aromatic carbocycles. The van der Waals surface area contributed by atoms with Crippen LogP contribution >= 0.6 is 0 Å². The highest BCUT2D eigenvalue weighted by Gasteiger charge is 2.23. The highest BCUT2D eigenvalue weighted by atomic mass is 15.2. The van der Waals surface area contributed by atoms with Crippen molar-refractivity contribution in [1.29, 1.82) is 0 Å². The maximum absolute atomic E-state index is 5.95. The Morgan fingerprint density at radius 3 is 2.79 bits per heavy atom. The van der Waals surface area contributed by atoms with E-state index in [4.69, 9.17) is 5.73 Å². The van der Waals surface area contributed by atoms with Crippen LogP contribution in [0.25, 0.3) is 0 Å². The molecule has 3 atom stereocenters. The average Bonchev–Trinajstić information content (AvgIpc) is 2.10. The Bertz CT molecular complexity index is 158. The third-order valence-corrected chi connectivity index (χ3v) is 3.38. The molecule has 1 aliphatic heterocycles. The summed E-state index contributed by atoms with van der Waals surface area (Å²) in [6.07, 6.45) is 5.03. The minimum absolute atomic E-state index is 0.447. The summed E-state index contributed by atoms with van der Waals surface area (Å²) in [5.41, 5.74) is 5.95. The fourth-order valence-electron chi connectivity index (χ4n) is 2.51. The lowest BCUT2D eigenvalue weighted by molar-refractivity contribution is 0.126. The quantitative estimate of drug-likeness (QED) is 0.750. The summed E-state index contributed by atoms with van der Waals surface area (Å²) in [5.74, 6) is 0.844. The van der Waals surface area contributed by atoms with E-state index in [-0.39, 0.29) is 0 Å². The molecule has 0 radical (unpaired) electrons. The monoisotopic (exact) mass is 198 g/mol. The van der Waals surface area contributed by atoms with Crippen molar-refractivity contribution < 1.29 is 0 Å². The smallest absolute Gasteiger partial charge is 0.00817 e. The summed E-state index contributed by atoms with van der Waals surface area (Å²) in [6, 6.07) is 1.14. The molecule has 14 heavy (non-hydrogen) atoms. The molecular formula is C12H26N2. The molecule has 1 aliphatic rings. The molecule has 1 heterocycles. The highest BCUT2D eigenvalue weighted by Crippen LogP contribution is 2.18. The molecule has 0 bridgehead atoms. The predicted octanol–water partition coefficient (Wildman–Crippen LogP) is 2.23. The second-order valence-electron chi connectivity index (χ2n) is 5.02. The minimum Gasteiger partial charge on any atom is -0.328 e. The van der Waals surface area contributed by atoms with Crippen LogP contribution in [0.15, 0.2) is 0 Å². The van der Waals surface area contributed by atoms with E-state index in [1.54, 1.807) is 0 Å². The van der Waals surface area contributed by atoms with Gasteiger partial charge in [0.2, 0.25) is 0 Å². The molecule has 3 unspecified atom stereocenters. The molecule has 1 rings (SSSR count). The maximum Gasteiger partial charge on any atom is 0.00817 e. The lowest BCUT2D eigenvalue weighted by Gasteiger charge is -2.37. The summed E-state index contributed by atoms with van der Waals surface area (Å²) < 4.78 is 0. The fraction of sp³-hybridized carbons (Fsp3) is 1.00. The molecule has 2 heteroatoms. The van der Waals surface area contributed by atoms with E-state index in [0.29, 0.717) is 12.1 Å². The number of rotatable bonds is 4. The Balaban J connectivity index is 2.29. The zero-order valence-corrected chi connectivity index (χ0v) is 10.00. The number of nitrogens with two attached hydrogens (primary N) is 1. The number of likely N-dealkylation sites (tertiary alicyclic amines) is 1. The van der Waals surface area contributed by atoms with Crippen LogP contribution < -0.4 is 5.73 Å². The summed E-state index contributed by atoms with van der Waals surface area (Å²) in [5, 5.41) is 0. The van der Waals surface area contributed by atoms with Gasteiger partial charge in [-0.05, 0) is 38.6 Å². The van der Waals surface area contributed by atoms with Gasteiger partial charge in [-0.2, -0.15) is 0 Å². The van der Waals surface area contributed by atoms with Crippen LogP contribution in [-0.2, 0) is 0 Å². The van der Waals surface area contributed by atoms with Crippen molar-refractivity contribution in [3.8, 4) is 0 Å². The van der Waals surface area contributed by atoms with Crippen molar-refractivity contribution in [3.63, 3.8) is 0 Å². The van der Waals surface area contributed by atoms with E-state index in [1.165, 1.54) is 38.8 Å². The van der Waals surface area contributed by atoms with E-state index in [0.717, 1.165) is 5.92 Å². The van der Waals surface area contributed by atoms with E-state index in [2.05, 4.69) is 25.7 Å². The molecular weight excluding hydrogens is 172 g/mol. The molecule has 0 aromatic rings. The number of nitrogens with zero attached hydrogens (tertiary/aromatic N) is 1.